The van der Waals surface area contributed by atoms with Gasteiger partial charge in [0.2, 0.25) is 0 Å². The van der Waals surface area contributed by atoms with Crippen LogP contribution < -0.4 is 0 Å². The molecule has 6 nitrogen and oxygen atoms in total. The SMILES string of the molecule is Cc1cc(-c2cnc(C3CC3)nc2C2CCCN(C(=O)c3ccccc3C)C2)on1. The molecule has 6 heteroatoms. The van der Waals surface area contributed by atoms with Gasteiger partial charge in [0.05, 0.1) is 17.0 Å². The summed E-state index contributed by atoms with van der Waals surface area (Å²) in [7, 11) is 0. The number of hydrogen-bond donors (Lipinski definition) is 0. The average Bonchev–Trinajstić information content (AvgIpc) is 3.54. The second-order valence-electron chi connectivity index (χ2n) is 8.54. The lowest BCUT2D eigenvalue weighted by Gasteiger charge is -2.33. The quantitative estimate of drug-likeness (QED) is 0.635. The fourth-order valence-corrected chi connectivity index (χ4v) is 4.31. The number of hydrogen-bond acceptors (Lipinski definition) is 5. The van der Waals surface area contributed by atoms with Gasteiger partial charge in [-0.3, -0.25) is 4.79 Å². The van der Waals surface area contributed by atoms with Gasteiger partial charge >= 0.3 is 0 Å². The average molecular weight is 402 g/mol. The number of amides is 1. The van der Waals surface area contributed by atoms with E-state index in [9.17, 15) is 4.79 Å². The molecule has 3 heterocycles. The first kappa shape index (κ1) is 19.0. The Morgan fingerprint density at radius 1 is 1.13 bits per heavy atom. The molecule has 0 bridgehead atoms. The molecule has 30 heavy (non-hydrogen) atoms. The minimum Gasteiger partial charge on any atom is -0.356 e. The van der Waals surface area contributed by atoms with E-state index >= 15 is 0 Å². The maximum absolute atomic E-state index is 13.2. The van der Waals surface area contributed by atoms with Gasteiger partial charge in [-0.25, -0.2) is 9.97 Å². The van der Waals surface area contributed by atoms with Crippen molar-refractivity contribution in [3.05, 3.63) is 64.9 Å². The summed E-state index contributed by atoms with van der Waals surface area (Å²) in [6.45, 7) is 5.34. The Bertz CT molecular complexity index is 1090. The number of likely N-dealkylation sites (tertiary alicyclic amines) is 1. The van der Waals surface area contributed by atoms with E-state index < -0.39 is 0 Å². The lowest BCUT2D eigenvalue weighted by molar-refractivity contribution is 0.0705. The zero-order chi connectivity index (χ0) is 20.7. The molecule has 5 rings (SSSR count). The lowest BCUT2D eigenvalue weighted by Crippen LogP contribution is -2.39. The molecule has 1 aromatic carbocycles. The molecule has 1 amide bonds. The maximum atomic E-state index is 13.2. The van der Waals surface area contributed by atoms with Crippen LogP contribution in [0.4, 0.5) is 0 Å². The second kappa shape index (κ2) is 7.67. The second-order valence-corrected chi connectivity index (χ2v) is 8.54. The summed E-state index contributed by atoms with van der Waals surface area (Å²) in [6, 6.07) is 9.73. The lowest BCUT2D eigenvalue weighted by atomic mass is 9.90. The van der Waals surface area contributed by atoms with Crippen LogP contribution in [0.2, 0.25) is 0 Å². The number of benzene rings is 1. The Balaban J connectivity index is 1.47. The van der Waals surface area contributed by atoms with E-state index in [2.05, 4.69) is 10.1 Å². The van der Waals surface area contributed by atoms with Crippen molar-refractivity contribution in [1.82, 2.24) is 20.0 Å². The third-order valence-corrected chi connectivity index (χ3v) is 6.14. The van der Waals surface area contributed by atoms with Gasteiger partial charge in [-0.2, -0.15) is 0 Å². The van der Waals surface area contributed by atoms with E-state index in [4.69, 9.17) is 9.51 Å². The van der Waals surface area contributed by atoms with E-state index in [0.717, 1.165) is 66.1 Å². The Kier molecular flexibility index (Phi) is 4.85. The van der Waals surface area contributed by atoms with Crippen molar-refractivity contribution in [3.63, 3.8) is 0 Å². The van der Waals surface area contributed by atoms with E-state index in [-0.39, 0.29) is 11.8 Å². The first-order valence-electron chi connectivity index (χ1n) is 10.8. The molecule has 2 aromatic heterocycles. The molecule has 0 radical (unpaired) electrons. The normalized spacial score (nSPS) is 19.1. The monoisotopic (exact) mass is 402 g/mol. The van der Waals surface area contributed by atoms with Crippen LogP contribution in [-0.4, -0.2) is 39.0 Å². The Labute approximate surface area is 176 Å². The number of rotatable bonds is 4. The predicted molar refractivity (Wildman–Crippen MR) is 113 cm³/mol. The predicted octanol–water partition coefficient (Wildman–Crippen LogP) is 4.65. The molecule has 1 aliphatic carbocycles. The van der Waals surface area contributed by atoms with Crippen molar-refractivity contribution in [2.75, 3.05) is 13.1 Å². The van der Waals surface area contributed by atoms with Gasteiger partial charge in [0, 0.05) is 42.8 Å². The van der Waals surface area contributed by atoms with Crippen molar-refractivity contribution in [2.24, 2.45) is 0 Å². The maximum Gasteiger partial charge on any atom is 0.254 e. The van der Waals surface area contributed by atoms with Crippen LogP contribution in [0.5, 0.6) is 0 Å². The highest BCUT2D eigenvalue weighted by atomic mass is 16.5. The third kappa shape index (κ3) is 3.62. The number of nitrogens with zero attached hydrogens (tertiary/aromatic N) is 4. The van der Waals surface area contributed by atoms with Crippen molar-refractivity contribution < 1.29 is 9.32 Å². The van der Waals surface area contributed by atoms with Crippen LogP contribution in [-0.2, 0) is 0 Å². The molecule has 3 aromatic rings. The van der Waals surface area contributed by atoms with Gasteiger partial charge in [-0.15, -0.1) is 0 Å². The standard InChI is InChI=1S/C24H26N4O2/c1-15-6-3-4-8-19(15)24(29)28-11-5-7-18(14-28)22-20(21-12-16(2)27-30-21)13-25-23(26-22)17-9-10-17/h3-4,6,8,12-13,17-18H,5,7,9-11,14H2,1-2H3. The van der Waals surface area contributed by atoms with Crippen molar-refractivity contribution in [1.29, 1.82) is 0 Å². The van der Waals surface area contributed by atoms with Crippen LogP contribution in [0.25, 0.3) is 11.3 Å². The summed E-state index contributed by atoms with van der Waals surface area (Å²) in [6.07, 6.45) is 6.16. The highest BCUT2D eigenvalue weighted by Crippen LogP contribution is 2.40. The third-order valence-electron chi connectivity index (χ3n) is 6.14. The first-order chi connectivity index (χ1) is 14.6. The molecule has 1 saturated heterocycles. The Morgan fingerprint density at radius 3 is 2.70 bits per heavy atom. The van der Waals surface area contributed by atoms with Crippen LogP contribution in [0.15, 0.2) is 41.1 Å². The molecule has 1 aliphatic heterocycles. The van der Waals surface area contributed by atoms with Crippen molar-refractivity contribution >= 4 is 5.91 Å². The summed E-state index contributed by atoms with van der Waals surface area (Å²) in [5, 5.41) is 4.05. The number of carbonyl (C=O) groups is 1. The zero-order valence-electron chi connectivity index (χ0n) is 17.5. The highest BCUT2D eigenvalue weighted by molar-refractivity contribution is 5.95. The van der Waals surface area contributed by atoms with E-state index in [0.29, 0.717) is 18.2 Å². The summed E-state index contributed by atoms with van der Waals surface area (Å²) in [5.74, 6) is 2.36. The molecular formula is C24H26N4O2. The fourth-order valence-electron chi connectivity index (χ4n) is 4.31. The fraction of sp³-hybridized carbons (Fsp3) is 0.417. The van der Waals surface area contributed by atoms with Gasteiger partial charge in [0.25, 0.3) is 5.91 Å². The van der Waals surface area contributed by atoms with Gasteiger partial charge < -0.3 is 9.42 Å². The largest absolute Gasteiger partial charge is 0.356 e. The first-order valence-corrected chi connectivity index (χ1v) is 10.8. The molecule has 154 valence electrons. The Hall–Kier alpha value is -3.02. The number of aromatic nitrogens is 3. The molecule has 2 aliphatic rings. The summed E-state index contributed by atoms with van der Waals surface area (Å²) >= 11 is 0. The van der Waals surface area contributed by atoms with Gasteiger partial charge in [0.15, 0.2) is 5.76 Å². The molecule has 1 atom stereocenters. The number of piperidine rings is 1. The number of aryl methyl sites for hydroxylation is 2. The van der Waals surface area contributed by atoms with E-state index in [1.54, 1.807) is 0 Å². The van der Waals surface area contributed by atoms with Gasteiger partial charge in [-0.1, -0.05) is 23.4 Å². The van der Waals surface area contributed by atoms with Gasteiger partial charge in [0.1, 0.15) is 5.82 Å². The topological polar surface area (TPSA) is 72.1 Å². The molecule has 0 N–H and O–H groups in total. The molecule has 1 saturated carbocycles. The summed E-state index contributed by atoms with van der Waals surface area (Å²) in [4.78, 5) is 24.8. The molecular weight excluding hydrogens is 376 g/mol. The minimum absolute atomic E-state index is 0.103. The molecule has 0 spiro atoms. The van der Waals surface area contributed by atoms with E-state index in [1.165, 1.54) is 0 Å². The molecule has 2 fully saturated rings. The summed E-state index contributed by atoms with van der Waals surface area (Å²) < 4.78 is 5.55. The highest BCUT2D eigenvalue weighted by Gasteiger charge is 2.32. The Morgan fingerprint density at radius 2 is 1.97 bits per heavy atom. The van der Waals surface area contributed by atoms with Crippen LogP contribution >= 0.6 is 0 Å². The van der Waals surface area contributed by atoms with Crippen LogP contribution in [0, 0.1) is 13.8 Å². The van der Waals surface area contributed by atoms with Gasteiger partial charge in [-0.05, 0) is 51.2 Å². The smallest absolute Gasteiger partial charge is 0.254 e. The zero-order valence-corrected chi connectivity index (χ0v) is 17.5. The van der Waals surface area contributed by atoms with Crippen molar-refractivity contribution in [2.45, 2.75) is 51.4 Å². The summed E-state index contributed by atoms with van der Waals surface area (Å²) in [5.41, 5.74) is 4.52. The molecule has 1 unspecified atom stereocenters. The minimum atomic E-state index is 0.103. The van der Waals surface area contributed by atoms with E-state index in [1.807, 2.05) is 55.3 Å². The van der Waals surface area contributed by atoms with Crippen LogP contribution in [0.1, 0.15) is 70.7 Å². The number of carbonyl (C=O) groups excluding carboxylic acids is 1. The van der Waals surface area contributed by atoms with Crippen molar-refractivity contribution in [3.8, 4) is 11.3 Å². The van der Waals surface area contributed by atoms with Crippen LogP contribution in [0.3, 0.4) is 0 Å².